The lowest BCUT2D eigenvalue weighted by Gasteiger charge is -2.55. The van der Waals surface area contributed by atoms with Crippen LogP contribution in [-0.4, -0.2) is 161 Å². The molecule has 0 radical (unpaired) electrons. The maximum atomic E-state index is 14.9. The summed E-state index contributed by atoms with van der Waals surface area (Å²) < 4.78 is 18.4. The summed E-state index contributed by atoms with van der Waals surface area (Å²) in [7, 11) is 3.00. The van der Waals surface area contributed by atoms with Crippen molar-refractivity contribution in [3.8, 4) is 0 Å². The number of guanidine groups is 1. The van der Waals surface area contributed by atoms with Gasteiger partial charge in [-0.25, -0.2) is 0 Å². The number of hydrogen-bond donors (Lipinski definition) is 9. The molecule has 0 aromatic heterocycles. The molecule has 6 aliphatic rings. The van der Waals surface area contributed by atoms with Crippen molar-refractivity contribution in [2.24, 2.45) is 69.7 Å². The van der Waals surface area contributed by atoms with Gasteiger partial charge in [-0.2, -0.15) is 0 Å². The van der Waals surface area contributed by atoms with Crippen LogP contribution in [-0.2, 0) is 38.2 Å². The standard InChI is InChI=1S/C41H64N6O13/c1-4-22-25(58-3)14-26(33-31(22)34(52)23-12-20(6-5-11-48)24(16-46-40(43)44-2)35(53)32(23)36(33)54)59-39-37(55)38(56)41(57,27(18-49)60-39)15-21(19-9-10-45-28(42)13-19)17-47-29(50)7-8-30(47)51/h7-8,11,19-28,31-33,35,37-39,45,49,53,55-57H,4-6,9-10,12-18,42H2,1-3H3,(H3,43,44,46)/t19?,20?,21-,22?,23?,24?,25?,26?,27-,28?,31?,32?,33?,35?,37-,38-,39+,41-/m1/s1. The number of nitrogens with two attached hydrogens (primary N) is 2. The van der Waals surface area contributed by atoms with E-state index >= 15 is 0 Å². The summed E-state index contributed by atoms with van der Waals surface area (Å²) in [6, 6.07) is 0. The molecule has 2 amide bonds. The highest BCUT2D eigenvalue weighted by molar-refractivity contribution is 6.12. The normalized spacial score (nSPS) is 42.8. The maximum absolute atomic E-state index is 14.9. The Kier molecular flexibility index (Phi) is 15.0. The number of aldehydes is 1. The number of rotatable bonds is 15. The van der Waals surface area contributed by atoms with Gasteiger partial charge in [0.25, 0.3) is 11.8 Å². The van der Waals surface area contributed by atoms with Gasteiger partial charge < -0.3 is 66.6 Å². The first-order valence-electron chi connectivity index (χ1n) is 21.3. The second-order valence-electron chi connectivity index (χ2n) is 17.7. The Morgan fingerprint density at radius 1 is 1.07 bits per heavy atom. The van der Waals surface area contributed by atoms with E-state index in [9.17, 15) is 49.5 Å². The van der Waals surface area contributed by atoms with Crippen LogP contribution in [0.25, 0.3) is 0 Å². The average molecular weight is 849 g/mol. The topological polar surface area (TPSA) is 306 Å². The summed E-state index contributed by atoms with van der Waals surface area (Å²) in [5, 5.41) is 64.5. The number of nitrogens with zero attached hydrogens (tertiary/aromatic N) is 2. The smallest absolute Gasteiger partial charge is 0.253 e. The molecule has 0 spiro atoms. The van der Waals surface area contributed by atoms with Crippen LogP contribution in [0.1, 0.15) is 58.3 Å². The lowest BCUT2D eigenvalue weighted by Crippen LogP contribution is -2.69. The number of piperidine rings is 1. The lowest BCUT2D eigenvalue weighted by atomic mass is 9.51. The van der Waals surface area contributed by atoms with E-state index in [4.69, 9.17) is 25.7 Å². The van der Waals surface area contributed by atoms with E-state index in [1.807, 2.05) is 6.92 Å². The molecular formula is C41H64N6O13. The molecule has 3 saturated carbocycles. The fraction of sp³-hybridized carbons (Fsp3) is 0.805. The van der Waals surface area contributed by atoms with Gasteiger partial charge in [-0.3, -0.25) is 29.1 Å². The molecule has 19 heteroatoms. The molecule has 0 aromatic carbocycles. The fourth-order valence-corrected chi connectivity index (χ4v) is 11.5. The van der Waals surface area contributed by atoms with Crippen LogP contribution in [0, 0.1) is 53.3 Å². The van der Waals surface area contributed by atoms with Crippen molar-refractivity contribution < 1.29 is 63.7 Å². The molecule has 5 fully saturated rings. The van der Waals surface area contributed by atoms with Crippen molar-refractivity contribution in [1.82, 2.24) is 15.5 Å². The van der Waals surface area contributed by atoms with Crippen LogP contribution in [0.4, 0.5) is 0 Å². The number of Topliss-reactive ketones (excluding diaryl/α,β-unsaturated/α-hetero) is 2. The summed E-state index contributed by atoms with van der Waals surface area (Å²) in [4.78, 5) is 71.3. The third kappa shape index (κ3) is 8.85. The number of amides is 2. The Balaban J connectivity index is 1.27. The summed E-state index contributed by atoms with van der Waals surface area (Å²) >= 11 is 0. The van der Waals surface area contributed by atoms with Gasteiger partial charge in [0.05, 0.1) is 42.9 Å². The van der Waals surface area contributed by atoms with Crippen molar-refractivity contribution in [3.63, 3.8) is 0 Å². The van der Waals surface area contributed by atoms with Gasteiger partial charge in [0, 0.05) is 70.0 Å². The summed E-state index contributed by atoms with van der Waals surface area (Å²) in [5.41, 5.74) is 9.81. The highest BCUT2D eigenvalue weighted by atomic mass is 16.7. The van der Waals surface area contributed by atoms with Crippen molar-refractivity contribution in [2.75, 3.05) is 40.4 Å². The number of aliphatic hydroxyl groups is 5. The van der Waals surface area contributed by atoms with Gasteiger partial charge in [0.15, 0.2) is 12.2 Å². The molecule has 3 aliphatic heterocycles. The van der Waals surface area contributed by atoms with Crippen molar-refractivity contribution in [3.05, 3.63) is 12.2 Å². The molecule has 3 aliphatic carbocycles. The highest BCUT2D eigenvalue weighted by Gasteiger charge is 2.64. The fourth-order valence-electron chi connectivity index (χ4n) is 11.5. The number of nitrogens with one attached hydrogen (secondary N) is 2. The van der Waals surface area contributed by atoms with E-state index in [0.29, 0.717) is 32.2 Å². The molecule has 18 atom stereocenters. The predicted molar refractivity (Wildman–Crippen MR) is 212 cm³/mol. The zero-order valence-corrected chi connectivity index (χ0v) is 34.6. The largest absolute Gasteiger partial charge is 0.394 e. The van der Waals surface area contributed by atoms with Gasteiger partial charge in [-0.1, -0.05) is 13.3 Å². The van der Waals surface area contributed by atoms with Crippen molar-refractivity contribution >= 4 is 35.6 Å². The first-order valence-corrected chi connectivity index (χ1v) is 21.3. The van der Waals surface area contributed by atoms with E-state index in [1.54, 1.807) is 0 Å². The van der Waals surface area contributed by atoms with Crippen LogP contribution in [0.3, 0.4) is 0 Å². The van der Waals surface area contributed by atoms with Crippen LogP contribution in [0.15, 0.2) is 17.1 Å². The summed E-state index contributed by atoms with van der Waals surface area (Å²) in [5.74, 6) is -7.59. The molecule has 11 N–H and O–H groups in total. The molecule has 0 aromatic rings. The monoisotopic (exact) mass is 848 g/mol. The number of fused-ring (bicyclic) bond motifs is 2. The number of aliphatic hydroxyl groups excluding tert-OH is 4. The first-order chi connectivity index (χ1) is 28.6. The zero-order chi connectivity index (χ0) is 43.6. The van der Waals surface area contributed by atoms with Gasteiger partial charge >= 0.3 is 0 Å². The first kappa shape index (κ1) is 46.3. The van der Waals surface area contributed by atoms with Gasteiger partial charge in [0.2, 0.25) is 0 Å². The number of imide groups is 1. The van der Waals surface area contributed by atoms with E-state index in [0.717, 1.165) is 23.3 Å². The second kappa shape index (κ2) is 19.4. The number of carbonyl (C=O) groups is 5. The second-order valence-corrected chi connectivity index (χ2v) is 17.7. The van der Waals surface area contributed by atoms with Gasteiger partial charge in [-0.05, 0) is 62.3 Å². The van der Waals surface area contributed by atoms with E-state index < -0.39 is 120 Å². The summed E-state index contributed by atoms with van der Waals surface area (Å²) in [6.07, 6.45) is -5.34. The number of aliphatic imine (C=N–C) groups is 1. The summed E-state index contributed by atoms with van der Waals surface area (Å²) in [6.45, 7) is 1.61. The van der Waals surface area contributed by atoms with Crippen LogP contribution >= 0.6 is 0 Å². The molecular weight excluding hydrogens is 784 g/mol. The minimum atomic E-state index is -2.31. The molecule has 6 rings (SSSR count). The predicted octanol–water partition coefficient (Wildman–Crippen LogP) is -2.67. The molecule has 60 heavy (non-hydrogen) atoms. The number of carbonyl (C=O) groups excluding carboxylic acids is 5. The number of methoxy groups -OCH3 is 1. The third-order valence-electron chi connectivity index (χ3n) is 14.6. The highest BCUT2D eigenvalue weighted by Crippen LogP contribution is 2.53. The Labute approximate surface area is 349 Å². The van der Waals surface area contributed by atoms with Crippen molar-refractivity contribution in [1.29, 1.82) is 0 Å². The number of hydrogen-bond acceptors (Lipinski definition) is 16. The molecule has 12 unspecified atom stereocenters. The number of ether oxygens (including phenoxy) is 3. The quantitative estimate of drug-likeness (QED) is 0.0351. The van der Waals surface area contributed by atoms with E-state index in [2.05, 4.69) is 15.6 Å². The Bertz CT molecular complexity index is 1630. The average Bonchev–Trinajstić information content (AvgIpc) is 3.55. The van der Waals surface area contributed by atoms with Crippen LogP contribution < -0.4 is 22.1 Å². The number of ketones is 2. The zero-order valence-electron chi connectivity index (χ0n) is 34.6. The minimum absolute atomic E-state index is 0.0832. The SMILES string of the molecule is CCC1C(OC)CC(O[C@H]2O[C@H](CO)[C@](O)(C[C@H](CN3C(=O)C=CC3=O)C3CCNC(N)C3)[C@H](O)[C@H]2O)C2C(=O)C3C(CC(CCC=O)C(CNC(N)=NC)C3O)C(=O)C12. The van der Waals surface area contributed by atoms with E-state index in [-0.39, 0.29) is 62.4 Å². The Hall–Kier alpha value is -3.24. The van der Waals surface area contributed by atoms with E-state index in [1.165, 1.54) is 14.2 Å². The Morgan fingerprint density at radius 3 is 2.40 bits per heavy atom. The van der Waals surface area contributed by atoms with Gasteiger partial charge in [-0.15, -0.1) is 0 Å². The molecule has 336 valence electrons. The lowest BCUT2D eigenvalue weighted by molar-refractivity contribution is -0.349. The Morgan fingerprint density at radius 2 is 1.78 bits per heavy atom. The maximum Gasteiger partial charge on any atom is 0.253 e. The molecule has 19 nitrogen and oxygen atoms in total. The third-order valence-corrected chi connectivity index (χ3v) is 14.6. The molecule has 3 heterocycles. The van der Waals surface area contributed by atoms with Crippen LogP contribution in [0.5, 0.6) is 0 Å². The van der Waals surface area contributed by atoms with Crippen LogP contribution in [0.2, 0.25) is 0 Å². The van der Waals surface area contributed by atoms with Gasteiger partial charge in [0.1, 0.15) is 41.8 Å². The minimum Gasteiger partial charge on any atom is -0.394 e. The molecule has 0 bridgehead atoms. The molecule has 2 saturated heterocycles. The van der Waals surface area contributed by atoms with Crippen molar-refractivity contribution in [2.45, 2.75) is 113 Å².